The molecule has 0 spiro atoms. The lowest BCUT2D eigenvalue weighted by atomic mass is 9.78. The van der Waals surface area contributed by atoms with E-state index in [0.29, 0.717) is 12.1 Å². The summed E-state index contributed by atoms with van der Waals surface area (Å²) in [6, 6.07) is 9.48. The topological polar surface area (TPSA) is 39.3 Å². The minimum absolute atomic E-state index is 0.0742. The van der Waals surface area contributed by atoms with Crippen LogP contribution in [-0.4, -0.2) is 44.3 Å². The van der Waals surface area contributed by atoms with Gasteiger partial charge in [-0.3, -0.25) is 0 Å². The fourth-order valence-electron chi connectivity index (χ4n) is 6.51. The van der Waals surface area contributed by atoms with Crippen molar-refractivity contribution in [1.82, 2.24) is 20.9 Å². The van der Waals surface area contributed by atoms with Crippen LogP contribution in [0.3, 0.4) is 0 Å². The molecule has 1 aromatic rings. The van der Waals surface area contributed by atoms with Gasteiger partial charge >= 0.3 is 0 Å². The molecule has 0 aromatic heterocycles. The number of hydrogen-bond acceptors (Lipinski definition) is 3. The van der Waals surface area contributed by atoms with Crippen LogP contribution in [-0.2, 0) is 6.54 Å². The maximum atomic E-state index is 6.15. The number of rotatable bonds is 4. The quantitative estimate of drug-likeness (QED) is 0.535. The zero-order chi connectivity index (χ0) is 23.9. The minimum Gasteiger partial charge on any atom is -0.360 e. The van der Waals surface area contributed by atoms with Gasteiger partial charge in [0, 0.05) is 40.8 Å². The van der Waals surface area contributed by atoms with Gasteiger partial charge in [0.05, 0.1) is 0 Å². The van der Waals surface area contributed by atoms with Crippen LogP contribution in [0.4, 0.5) is 0 Å². The Kier molecular flexibility index (Phi) is 7.07. The number of hydrogen-bond donors (Lipinski definition) is 3. The molecular formula is C27H46N4S. The van der Waals surface area contributed by atoms with Gasteiger partial charge < -0.3 is 20.9 Å². The molecule has 0 aliphatic carbocycles. The molecule has 2 saturated heterocycles. The third-order valence-electron chi connectivity index (χ3n) is 6.99. The van der Waals surface area contributed by atoms with E-state index in [1.165, 1.54) is 11.1 Å². The molecule has 0 atom stereocenters. The molecule has 0 unspecified atom stereocenters. The van der Waals surface area contributed by atoms with Crippen molar-refractivity contribution in [2.45, 2.75) is 129 Å². The Bertz CT molecular complexity index is 795. The van der Waals surface area contributed by atoms with Crippen LogP contribution in [0.2, 0.25) is 0 Å². The van der Waals surface area contributed by atoms with E-state index in [2.05, 4.69) is 107 Å². The minimum atomic E-state index is 0.0742. The van der Waals surface area contributed by atoms with E-state index in [1.54, 1.807) is 0 Å². The van der Waals surface area contributed by atoms with Crippen LogP contribution in [0.5, 0.6) is 0 Å². The van der Waals surface area contributed by atoms with Crippen LogP contribution in [0.1, 0.15) is 92.2 Å². The molecule has 2 fully saturated rings. The smallest absolute Gasteiger partial charge is 0.169 e. The van der Waals surface area contributed by atoms with Gasteiger partial charge in [0.2, 0.25) is 0 Å². The highest BCUT2D eigenvalue weighted by Gasteiger charge is 2.42. The number of nitrogens with zero attached hydrogens (tertiary/aromatic N) is 1. The Morgan fingerprint density at radius 3 is 1.84 bits per heavy atom. The van der Waals surface area contributed by atoms with Crippen molar-refractivity contribution in [3.05, 3.63) is 35.4 Å². The number of benzene rings is 1. The van der Waals surface area contributed by atoms with Crippen molar-refractivity contribution in [2.24, 2.45) is 0 Å². The number of aryl methyl sites for hydroxylation is 1. The predicted molar refractivity (Wildman–Crippen MR) is 141 cm³/mol. The highest BCUT2D eigenvalue weighted by molar-refractivity contribution is 7.80. The first-order valence-corrected chi connectivity index (χ1v) is 12.7. The van der Waals surface area contributed by atoms with E-state index >= 15 is 0 Å². The van der Waals surface area contributed by atoms with Crippen molar-refractivity contribution in [2.75, 3.05) is 0 Å². The maximum Gasteiger partial charge on any atom is 0.169 e. The van der Waals surface area contributed by atoms with Crippen LogP contribution in [0.25, 0.3) is 0 Å². The molecule has 180 valence electrons. The molecule has 0 amide bonds. The standard InChI is InChI=1S/C27H46N4S/c1-19-12-10-11-13-20(19)18-31(22-16-26(6,7)30-27(8,9)17-22)23(32)28-21-14-24(2,3)29-25(4,5)15-21/h10-13,21-22,29-30H,14-18H2,1-9H3,(H,28,32). The Labute approximate surface area is 202 Å². The lowest BCUT2D eigenvalue weighted by Crippen LogP contribution is -2.65. The summed E-state index contributed by atoms with van der Waals surface area (Å²) in [5.74, 6) is 0. The molecule has 5 heteroatoms. The van der Waals surface area contributed by atoms with Gasteiger partial charge in [0.25, 0.3) is 0 Å². The molecule has 4 nitrogen and oxygen atoms in total. The van der Waals surface area contributed by atoms with Crippen molar-refractivity contribution < 1.29 is 0 Å². The zero-order valence-corrected chi connectivity index (χ0v) is 22.7. The summed E-state index contributed by atoms with van der Waals surface area (Å²) in [4.78, 5) is 2.49. The first kappa shape index (κ1) is 25.5. The Hall–Kier alpha value is -1.17. The second-order valence-electron chi connectivity index (χ2n) is 13.0. The molecule has 1 aromatic carbocycles. The van der Waals surface area contributed by atoms with E-state index in [9.17, 15) is 0 Å². The molecule has 0 saturated carbocycles. The fourth-order valence-corrected chi connectivity index (χ4v) is 6.89. The average molecular weight is 459 g/mol. The second-order valence-corrected chi connectivity index (χ2v) is 13.3. The second kappa shape index (κ2) is 8.88. The molecular weight excluding hydrogens is 412 g/mol. The number of piperidine rings is 2. The molecule has 2 aliphatic heterocycles. The van der Waals surface area contributed by atoms with Gasteiger partial charge in [0.1, 0.15) is 0 Å². The van der Waals surface area contributed by atoms with Gasteiger partial charge in [-0.05, 0) is 111 Å². The van der Waals surface area contributed by atoms with Crippen LogP contribution in [0, 0.1) is 6.92 Å². The largest absolute Gasteiger partial charge is 0.360 e. The summed E-state index contributed by atoms with van der Waals surface area (Å²) in [7, 11) is 0. The Balaban J connectivity index is 1.86. The summed E-state index contributed by atoms with van der Waals surface area (Å²) >= 11 is 6.15. The van der Waals surface area contributed by atoms with Crippen molar-refractivity contribution in [1.29, 1.82) is 0 Å². The van der Waals surface area contributed by atoms with Gasteiger partial charge in [-0.1, -0.05) is 24.3 Å². The third-order valence-corrected chi connectivity index (χ3v) is 7.34. The summed E-state index contributed by atoms with van der Waals surface area (Å²) in [5.41, 5.74) is 3.02. The monoisotopic (exact) mass is 458 g/mol. The van der Waals surface area contributed by atoms with Gasteiger partial charge in [-0.25, -0.2) is 0 Å². The normalized spacial score (nSPS) is 24.7. The number of nitrogens with one attached hydrogen (secondary N) is 3. The Morgan fingerprint density at radius 2 is 1.34 bits per heavy atom. The average Bonchev–Trinajstić information content (AvgIpc) is 2.55. The van der Waals surface area contributed by atoms with E-state index in [0.717, 1.165) is 37.3 Å². The lowest BCUT2D eigenvalue weighted by molar-refractivity contribution is 0.0971. The SMILES string of the molecule is Cc1ccccc1CN(C(=S)NC1CC(C)(C)NC(C)(C)C1)C1CC(C)(C)NC(C)(C)C1. The molecule has 3 rings (SSSR count). The molecule has 0 radical (unpaired) electrons. The number of thiocarbonyl (C=S) groups is 1. The van der Waals surface area contributed by atoms with Crippen LogP contribution >= 0.6 is 12.2 Å². The first-order valence-electron chi connectivity index (χ1n) is 12.3. The van der Waals surface area contributed by atoms with E-state index in [1.807, 2.05) is 0 Å². The van der Waals surface area contributed by atoms with Crippen molar-refractivity contribution >= 4 is 17.3 Å². The summed E-state index contributed by atoms with van der Waals surface area (Å²) < 4.78 is 0. The van der Waals surface area contributed by atoms with Gasteiger partial charge in [-0.2, -0.15) is 0 Å². The Morgan fingerprint density at radius 1 is 0.875 bits per heavy atom. The summed E-state index contributed by atoms with van der Waals surface area (Å²) in [6.07, 6.45) is 4.29. The highest BCUT2D eigenvalue weighted by atomic mass is 32.1. The molecule has 3 N–H and O–H groups in total. The maximum absolute atomic E-state index is 6.15. The molecule has 0 bridgehead atoms. The van der Waals surface area contributed by atoms with E-state index in [-0.39, 0.29) is 22.2 Å². The van der Waals surface area contributed by atoms with E-state index < -0.39 is 0 Å². The fraction of sp³-hybridized carbons (Fsp3) is 0.741. The third kappa shape index (κ3) is 6.68. The summed E-state index contributed by atoms with van der Waals surface area (Å²) in [5, 5.41) is 12.4. The first-order chi connectivity index (χ1) is 14.6. The van der Waals surface area contributed by atoms with E-state index in [4.69, 9.17) is 12.2 Å². The molecule has 32 heavy (non-hydrogen) atoms. The highest BCUT2D eigenvalue weighted by Crippen LogP contribution is 2.33. The van der Waals surface area contributed by atoms with Gasteiger partial charge in [-0.15, -0.1) is 0 Å². The predicted octanol–water partition coefficient (Wildman–Crippen LogP) is 5.29. The van der Waals surface area contributed by atoms with Crippen LogP contribution in [0.15, 0.2) is 24.3 Å². The van der Waals surface area contributed by atoms with Crippen molar-refractivity contribution in [3.8, 4) is 0 Å². The van der Waals surface area contributed by atoms with Crippen molar-refractivity contribution in [3.63, 3.8) is 0 Å². The van der Waals surface area contributed by atoms with Gasteiger partial charge in [0.15, 0.2) is 5.11 Å². The molecule has 2 heterocycles. The molecule has 2 aliphatic rings. The lowest BCUT2D eigenvalue weighted by Gasteiger charge is -2.51. The zero-order valence-electron chi connectivity index (χ0n) is 21.9. The summed E-state index contributed by atoms with van der Waals surface area (Å²) in [6.45, 7) is 21.5. The van der Waals surface area contributed by atoms with Crippen LogP contribution < -0.4 is 16.0 Å².